The first-order valence-electron chi connectivity index (χ1n) is 14.6. The van der Waals surface area contributed by atoms with E-state index in [2.05, 4.69) is 34.6 Å². The SMILES string of the molecule is COc1ncnc(C2CC2)c1-c1ncc2c(n1)c(Oc1ccc(-c3nc(C(F)(F)F)cn3C)cc1)cn2COCC[Si](C)(C)C. The summed E-state index contributed by atoms with van der Waals surface area (Å²) in [6, 6.07) is 7.75. The number of alkyl halides is 3. The minimum atomic E-state index is -4.53. The number of fused-ring (bicyclic) bond motifs is 1. The Morgan fingerprint density at radius 3 is 2.40 bits per heavy atom. The van der Waals surface area contributed by atoms with E-state index in [-0.39, 0.29) is 12.6 Å². The van der Waals surface area contributed by atoms with Crippen molar-refractivity contribution in [2.45, 2.75) is 57.4 Å². The Labute approximate surface area is 259 Å². The lowest BCUT2D eigenvalue weighted by atomic mass is 10.1. The van der Waals surface area contributed by atoms with Gasteiger partial charge in [0.15, 0.2) is 17.3 Å². The first kappa shape index (κ1) is 30.7. The molecule has 0 aliphatic heterocycles. The van der Waals surface area contributed by atoms with E-state index in [1.165, 1.54) is 17.9 Å². The number of imidazole rings is 1. The Hall–Kier alpha value is -4.30. The quantitative estimate of drug-likeness (QED) is 0.110. The van der Waals surface area contributed by atoms with E-state index in [0.29, 0.717) is 52.4 Å². The zero-order valence-corrected chi connectivity index (χ0v) is 26.7. The van der Waals surface area contributed by atoms with Gasteiger partial charge in [-0.25, -0.2) is 24.9 Å². The van der Waals surface area contributed by atoms with Crippen LogP contribution in [0.5, 0.6) is 17.4 Å². The number of rotatable bonds is 11. The lowest BCUT2D eigenvalue weighted by molar-refractivity contribution is -0.140. The highest BCUT2D eigenvalue weighted by Gasteiger charge is 2.35. The van der Waals surface area contributed by atoms with Gasteiger partial charge in [0.2, 0.25) is 5.88 Å². The highest BCUT2D eigenvalue weighted by Crippen LogP contribution is 2.45. The maximum Gasteiger partial charge on any atom is 0.434 e. The molecule has 4 aromatic heterocycles. The van der Waals surface area contributed by atoms with Gasteiger partial charge in [-0.3, -0.25) is 0 Å². The van der Waals surface area contributed by atoms with Crippen LogP contribution in [-0.4, -0.2) is 55.8 Å². The second-order valence-corrected chi connectivity index (χ2v) is 18.0. The largest absolute Gasteiger partial charge is 0.480 e. The standard InChI is InChI=1S/C31H34F3N7O3Si/c1-40-16-24(31(32,33)34)38-29(40)20-8-10-21(11-9-20)44-23-15-41(18-43-12-13-45(3,4)5)22-14-35-28(39-27(22)23)25-26(19-6-7-19)36-17-37-30(25)42-2/h8-11,14-17,19H,6-7,12-13,18H2,1-5H3. The third kappa shape index (κ3) is 6.71. The fourth-order valence-corrected chi connectivity index (χ4v) is 5.72. The van der Waals surface area contributed by atoms with E-state index in [1.54, 1.807) is 37.6 Å². The van der Waals surface area contributed by atoms with E-state index in [9.17, 15) is 13.2 Å². The van der Waals surface area contributed by atoms with Crippen molar-refractivity contribution in [3.63, 3.8) is 0 Å². The zero-order chi connectivity index (χ0) is 31.9. The Balaban J connectivity index is 1.34. The minimum Gasteiger partial charge on any atom is -0.480 e. The predicted molar refractivity (Wildman–Crippen MR) is 165 cm³/mol. The summed E-state index contributed by atoms with van der Waals surface area (Å²) in [5, 5.41) is 0. The van der Waals surface area contributed by atoms with Crippen LogP contribution >= 0.6 is 0 Å². The number of hydrogen-bond acceptors (Lipinski definition) is 8. The molecule has 0 N–H and O–H groups in total. The molecule has 5 aromatic rings. The van der Waals surface area contributed by atoms with Crippen LogP contribution in [0.4, 0.5) is 13.2 Å². The van der Waals surface area contributed by atoms with Gasteiger partial charge in [0.1, 0.15) is 35.7 Å². The van der Waals surface area contributed by atoms with Crippen LogP contribution in [0.1, 0.15) is 30.1 Å². The topological polar surface area (TPSA) is 102 Å². The van der Waals surface area contributed by atoms with Gasteiger partial charge in [-0.2, -0.15) is 13.2 Å². The summed E-state index contributed by atoms with van der Waals surface area (Å²) < 4.78 is 60.8. The van der Waals surface area contributed by atoms with Crippen molar-refractivity contribution in [2.24, 2.45) is 7.05 Å². The molecule has 4 heterocycles. The van der Waals surface area contributed by atoms with Gasteiger partial charge in [-0.15, -0.1) is 0 Å². The van der Waals surface area contributed by atoms with Gasteiger partial charge < -0.3 is 23.3 Å². The van der Waals surface area contributed by atoms with Crippen molar-refractivity contribution in [3.8, 4) is 40.2 Å². The molecular formula is C31H34F3N7O3Si. The predicted octanol–water partition coefficient (Wildman–Crippen LogP) is 7.30. The number of methoxy groups -OCH3 is 1. The summed E-state index contributed by atoms with van der Waals surface area (Å²) in [4.78, 5) is 22.2. The summed E-state index contributed by atoms with van der Waals surface area (Å²) in [7, 11) is 1.82. The molecule has 0 amide bonds. The number of aromatic nitrogens is 7. The molecular weight excluding hydrogens is 603 g/mol. The molecule has 0 unspecified atom stereocenters. The average Bonchev–Trinajstić information content (AvgIpc) is 3.69. The maximum atomic E-state index is 13.2. The van der Waals surface area contributed by atoms with Crippen LogP contribution < -0.4 is 9.47 Å². The molecule has 0 radical (unpaired) electrons. The van der Waals surface area contributed by atoms with Crippen LogP contribution in [-0.2, 0) is 24.7 Å². The second-order valence-electron chi connectivity index (χ2n) is 12.3. The molecule has 45 heavy (non-hydrogen) atoms. The molecule has 1 saturated carbocycles. The van der Waals surface area contributed by atoms with Crippen LogP contribution in [0, 0.1) is 0 Å². The number of hydrogen-bond donors (Lipinski definition) is 0. The van der Waals surface area contributed by atoms with E-state index in [0.717, 1.165) is 36.3 Å². The molecule has 6 rings (SSSR count). The van der Waals surface area contributed by atoms with E-state index in [1.807, 2.05) is 10.8 Å². The van der Waals surface area contributed by atoms with Gasteiger partial charge in [-0.1, -0.05) is 19.6 Å². The van der Waals surface area contributed by atoms with E-state index >= 15 is 0 Å². The Morgan fingerprint density at radius 1 is 1.00 bits per heavy atom. The average molecular weight is 638 g/mol. The monoisotopic (exact) mass is 637 g/mol. The fourth-order valence-electron chi connectivity index (χ4n) is 4.97. The molecule has 1 aliphatic rings. The van der Waals surface area contributed by atoms with Crippen LogP contribution in [0.2, 0.25) is 25.7 Å². The van der Waals surface area contributed by atoms with Crippen LogP contribution in [0.15, 0.2) is 49.2 Å². The van der Waals surface area contributed by atoms with Gasteiger partial charge >= 0.3 is 6.18 Å². The molecule has 0 spiro atoms. The molecule has 0 bridgehead atoms. The lowest BCUT2D eigenvalue weighted by Gasteiger charge is -2.15. The van der Waals surface area contributed by atoms with Crippen molar-refractivity contribution in [3.05, 3.63) is 60.6 Å². The van der Waals surface area contributed by atoms with E-state index < -0.39 is 19.9 Å². The summed E-state index contributed by atoms with van der Waals surface area (Å²) in [5.41, 5.74) is 2.37. The van der Waals surface area contributed by atoms with Crippen molar-refractivity contribution in [1.29, 1.82) is 0 Å². The molecule has 14 heteroatoms. The Morgan fingerprint density at radius 2 is 1.76 bits per heavy atom. The summed E-state index contributed by atoms with van der Waals surface area (Å²) in [5.74, 6) is 2.28. The molecule has 1 aliphatic carbocycles. The first-order chi connectivity index (χ1) is 21.4. The molecule has 1 aromatic carbocycles. The summed E-state index contributed by atoms with van der Waals surface area (Å²) in [6.07, 6.45) is 3.55. The smallest absolute Gasteiger partial charge is 0.434 e. The third-order valence-corrected chi connectivity index (χ3v) is 9.25. The number of halogens is 3. The van der Waals surface area contributed by atoms with E-state index in [4.69, 9.17) is 24.2 Å². The number of aryl methyl sites for hydroxylation is 1. The minimum absolute atomic E-state index is 0.198. The van der Waals surface area contributed by atoms with Crippen molar-refractivity contribution >= 4 is 19.1 Å². The number of benzene rings is 1. The highest BCUT2D eigenvalue weighted by molar-refractivity contribution is 6.76. The third-order valence-electron chi connectivity index (χ3n) is 7.54. The van der Waals surface area contributed by atoms with Crippen molar-refractivity contribution < 1.29 is 27.4 Å². The van der Waals surface area contributed by atoms with Crippen LogP contribution in [0.25, 0.3) is 33.8 Å². The van der Waals surface area contributed by atoms with Crippen LogP contribution in [0.3, 0.4) is 0 Å². The number of ether oxygens (including phenoxy) is 3. The second kappa shape index (κ2) is 11.9. The van der Waals surface area contributed by atoms with Gasteiger partial charge in [0, 0.05) is 39.4 Å². The molecule has 236 valence electrons. The fraction of sp³-hybridized carbons (Fsp3) is 0.387. The molecule has 10 nitrogen and oxygen atoms in total. The highest BCUT2D eigenvalue weighted by atomic mass is 28.3. The van der Waals surface area contributed by atoms with Gasteiger partial charge in [-0.05, 0) is 43.2 Å². The zero-order valence-electron chi connectivity index (χ0n) is 25.7. The first-order valence-corrected chi connectivity index (χ1v) is 18.3. The normalized spacial score (nSPS) is 13.9. The number of nitrogens with zero attached hydrogens (tertiary/aromatic N) is 7. The Kier molecular flexibility index (Phi) is 8.12. The van der Waals surface area contributed by atoms with Crippen molar-refractivity contribution in [1.82, 2.24) is 34.1 Å². The molecule has 1 fully saturated rings. The maximum absolute atomic E-state index is 13.2. The van der Waals surface area contributed by atoms with Crippen molar-refractivity contribution in [2.75, 3.05) is 13.7 Å². The molecule has 0 atom stereocenters. The Bertz CT molecular complexity index is 1830. The molecule has 0 saturated heterocycles. The lowest BCUT2D eigenvalue weighted by Crippen LogP contribution is -2.21. The summed E-state index contributed by atoms with van der Waals surface area (Å²) in [6.45, 7) is 7.83. The van der Waals surface area contributed by atoms with Gasteiger partial charge in [0.05, 0.1) is 30.7 Å². The van der Waals surface area contributed by atoms with Gasteiger partial charge in [0.25, 0.3) is 0 Å². The summed E-state index contributed by atoms with van der Waals surface area (Å²) >= 11 is 0.